The Bertz CT molecular complexity index is 980. The number of likely N-dealkylation sites (tertiary alicyclic amines) is 1. The molecule has 7 heteroatoms. The lowest BCUT2D eigenvalue weighted by atomic mass is 10.1. The fourth-order valence-corrected chi connectivity index (χ4v) is 3.32. The van der Waals surface area contributed by atoms with E-state index in [-0.39, 0.29) is 24.2 Å². The van der Waals surface area contributed by atoms with Crippen LogP contribution in [0.25, 0.3) is 10.9 Å². The number of nitrogens with one attached hydrogen (secondary N) is 2. The molecule has 0 aliphatic carbocycles. The number of nitrogens with zero attached hydrogens (tertiary/aromatic N) is 2. The van der Waals surface area contributed by atoms with Crippen molar-refractivity contribution in [2.24, 2.45) is 5.92 Å². The van der Waals surface area contributed by atoms with Gasteiger partial charge in [0.2, 0.25) is 11.8 Å². The third-order valence-electron chi connectivity index (χ3n) is 4.83. The summed E-state index contributed by atoms with van der Waals surface area (Å²) in [7, 11) is 1.62. The maximum absolute atomic E-state index is 12.6. The first-order valence-corrected chi connectivity index (χ1v) is 8.77. The Morgan fingerprint density at radius 2 is 2.11 bits per heavy atom. The summed E-state index contributed by atoms with van der Waals surface area (Å²) in [6, 6.07) is 13.2. The zero-order valence-electron chi connectivity index (χ0n) is 14.9. The number of anilines is 1. The number of hydrogen-bond donors (Lipinski definition) is 2. The van der Waals surface area contributed by atoms with Crippen molar-refractivity contribution in [2.75, 3.05) is 19.0 Å². The van der Waals surface area contributed by atoms with E-state index >= 15 is 0 Å². The number of rotatable bonds is 5. The highest BCUT2D eigenvalue weighted by atomic mass is 16.5. The molecular formula is C20H20N4O3. The maximum atomic E-state index is 12.6. The number of aromatic amines is 1. The molecule has 3 aromatic rings. The molecule has 1 unspecified atom stereocenters. The lowest BCUT2D eigenvalue weighted by Crippen LogP contribution is -2.28. The van der Waals surface area contributed by atoms with Gasteiger partial charge in [0, 0.05) is 30.6 Å². The molecule has 0 bridgehead atoms. The second-order valence-corrected chi connectivity index (χ2v) is 6.68. The third kappa shape index (κ3) is 3.62. The lowest BCUT2D eigenvalue weighted by Gasteiger charge is -2.17. The molecule has 2 amide bonds. The van der Waals surface area contributed by atoms with E-state index < -0.39 is 0 Å². The third-order valence-corrected chi connectivity index (χ3v) is 4.83. The molecular weight excluding hydrogens is 344 g/mol. The Morgan fingerprint density at radius 3 is 2.89 bits per heavy atom. The minimum Gasteiger partial charge on any atom is -0.497 e. The van der Waals surface area contributed by atoms with Crippen molar-refractivity contribution in [1.82, 2.24) is 15.1 Å². The molecule has 2 aromatic carbocycles. The Labute approximate surface area is 156 Å². The minimum atomic E-state index is -0.351. The SMILES string of the molecule is COc1ccc(CN2CC(C(=O)Nc3ccc4[nH]ncc4c3)CC2=O)cc1. The van der Waals surface area contributed by atoms with Crippen molar-refractivity contribution in [3.8, 4) is 5.75 Å². The van der Waals surface area contributed by atoms with Gasteiger partial charge < -0.3 is 15.0 Å². The summed E-state index contributed by atoms with van der Waals surface area (Å²) in [5.74, 6) is 0.286. The molecule has 138 valence electrons. The fourth-order valence-electron chi connectivity index (χ4n) is 3.32. The molecule has 2 heterocycles. The first-order valence-electron chi connectivity index (χ1n) is 8.77. The molecule has 0 spiro atoms. The van der Waals surface area contributed by atoms with E-state index in [1.807, 2.05) is 42.5 Å². The number of H-pyrrole nitrogens is 1. The van der Waals surface area contributed by atoms with Gasteiger partial charge in [-0.3, -0.25) is 14.7 Å². The van der Waals surface area contributed by atoms with Crippen LogP contribution in [0.1, 0.15) is 12.0 Å². The van der Waals surface area contributed by atoms with Crippen molar-refractivity contribution in [1.29, 1.82) is 0 Å². The van der Waals surface area contributed by atoms with E-state index in [9.17, 15) is 9.59 Å². The van der Waals surface area contributed by atoms with Crippen LogP contribution in [0.5, 0.6) is 5.75 Å². The standard InChI is InChI=1S/C20H20N4O3/c1-27-17-5-2-13(3-6-17)11-24-12-15(9-19(24)25)20(26)22-16-4-7-18-14(8-16)10-21-23-18/h2-8,10,15H,9,11-12H2,1H3,(H,21,23)(H,22,26). The van der Waals surface area contributed by atoms with Crippen LogP contribution >= 0.6 is 0 Å². The highest BCUT2D eigenvalue weighted by molar-refractivity contribution is 5.98. The number of benzene rings is 2. The van der Waals surface area contributed by atoms with Gasteiger partial charge in [-0.05, 0) is 35.9 Å². The van der Waals surface area contributed by atoms with Crippen molar-refractivity contribution < 1.29 is 14.3 Å². The first-order chi connectivity index (χ1) is 13.1. The molecule has 1 aromatic heterocycles. The zero-order valence-corrected chi connectivity index (χ0v) is 14.9. The minimum absolute atomic E-state index is 0.00347. The number of fused-ring (bicyclic) bond motifs is 1. The molecule has 1 aliphatic heterocycles. The van der Waals surface area contributed by atoms with E-state index in [0.29, 0.717) is 18.8 Å². The second-order valence-electron chi connectivity index (χ2n) is 6.68. The number of amides is 2. The topological polar surface area (TPSA) is 87.3 Å². The van der Waals surface area contributed by atoms with Gasteiger partial charge in [-0.25, -0.2) is 0 Å². The van der Waals surface area contributed by atoms with Gasteiger partial charge in [-0.1, -0.05) is 12.1 Å². The van der Waals surface area contributed by atoms with E-state index in [1.54, 1.807) is 18.2 Å². The fraction of sp³-hybridized carbons (Fsp3) is 0.250. The van der Waals surface area contributed by atoms with Crippen LogP contribution in [-0.4, -0.2) is 40.6 Å². The summed E-state index contributed by atoms with van der Waals surface area (Å²) in [5.41, 5.74) is 2.63. The lowest BCUT2D eigenvalue weighted by molar-refractivity contribution is -0.128. The van der Waals surface area contributed by atoms with Crippen molar-refractivity contribution in [3.05, 3.63) is 54.2 Å². The Hall–Kier alpha value is -3.35. The van der Waals surface area contributed by atoms with Gasteiger partial charge in [0.05, 0.1) is 24.7 Å². The van der Waals surface area contributed by atoms with Crippen LogP contribution < -0.4 is 10.1 Å². The molecule has 1 saturated heterocycles. The van der Waals surface area contributed by atoms with Crippen LogP contribution in [0.2, 0.25) is 0 Å². The summed E-state index contributed by atoms with van der Waals surface area (Å²) in [5, 5.41) is 10.7. The summed E-state index contributed by atoms with van der Waals surface area (Å²) in [6.07, 6.45) is 1.94. The van der Waals surface area contributed by atoms with Crippen molar-refractivity contribution in [3.63, 3.8) is 0 Å². The Balaban J connectivity index is 1.39. The van der Waals surface area contributed by atoms with Crippen molar-refractivity contribution in [2.45, 2.75) is 13.0 Å². The van der Waals surface area contributed by atoms with Gasteiger partial charge in [0.1, 0.15) is 5.75 Å². The van der Waals surface area contributed by atoms with Crippen LogP contribution in [0.4, 0.5) is 5.69 Å². The monoisotopic (exact) mass is 364 g/mol. The average Bonchev–Trinajstić information content (AvgIpc) is 3.29. The Morgan fingerprint density at radius 1 is 1.30 bits per heavy atom. The van der Waals surface area contributed by atoms with Crippen LogP contribution in [0.3, 0.4) is 0 Å². The summed E-state index contributed by atoms with van der Waals surface area (Å²) < 4.78 is 5.15. The molecule has 2 N–H and O–H groups in total. The largest absolute Gasteiger partial charge is 0.497 e. The number of carbonyl (C=O) groups excluding carboxylic acids is 2. The molecule has 1 aliphatic rings. The maximum Gasteiger partial charge on any atom is 0.229 e. The molecule has 1 fully saturated rings. The zero-order chi connectivity index (χ0) is 18.8. The number of methoxy groups -OCH3 is 1. The number of ether oxygens (including phenoxy) is 1. The number of aromatic nitrogens is 2. The van der Waals surface area contributed by atoms with E-state index in [4.69, 9.17) is 4.74 Å². The smallest absolute Gasteiger partial charge is 0.229 e. The van der Waals surface area contributed by atoms with Crippen molar-refractivity contribution >= 4 is 28.4 Å². The van der Waals surface area contributed by atoms with Crippen LogP contribution in [0, 0.1) is 5.92 Å². The molecule has 1 atom stereocenters. The molecule has 0 radical (unpaired) electrons. The van der Waals surface area contributed by atoms with Gasteiger partial charge in [0.25, 0.3) is 0 Å². The van der Waals surface area contributed by atoms with Crippen LogP contribution in [0.15, 0.2) is 48.7 Å². The Kier molecular flexibility index (Phi) is 4.50. The van der Waals surface area contributed by atoms with E-state index in [2.05, 4.69) is 15.5 Å². The first kappa shape index (κ1) is 17.1. The summed E-state index contributed by atoms with van der Waals surface area (Å²) in [6.45, 7) is 0.915. The highest BCUT2D eigenvalue weighted by Gasteiger charge is 2.34. The number of carbonyl (C=O) groups is 2. The van der Waals surface area contributed by atoms with Gasteiger partial charge >= 0.3 is 0 Å². The molecule has 4 rings (SSSR count). The second kappa shape index (κ2) is 7.11. The molecule has 27 heavy (non-hydrogen) atoms. The van der Waals surface area contributed by atoms with E-state index in [0.717, 1.165) is 22.2 Å². The summed E-state index contributed by atoms with van der Waals surface area (Å²) >= 11 is 0. The van der Waals surface area contributed by atoms with Gasteiger partial charge in [0.15, 0.2) is 0 Å². The predicted octanol–water partition coefficient (Wildman–Crippen LogP) is 2.56. The quantitative estimate of drug-likeness (QED) is 0.728. The van der Waals surface area contributed by atoms with Crippen LogP contribution in [-0.2, 0) is 16.1 Å². The molecule has 0 saturated carbocycles. The van der Waals surface area contributed by atoms with Gasteiger partial charge in [-0.2, -0.15) is 5.10 Å². The predicted molar refractivity (Wildman–Crippen MR) is 101 cm³/mol. The normalized spacial score (nSPS) is 16.7. The highest BCUT2D eigenvalue weighted by Crippen LogP contribution is 2.24. The van der Waals surface area contributed by atoms with Gasteiger partial charge in [-0.15, -0.1) is 0 Å². The number of hydrogen-bond acceptors (Lipinski definition) is 4. The molecule has 7 nitrogen and oxygen atoms in total. The average molecular weight is 364 g/mol. The summed E-state index contributed by atoms with van der Waals surface area (Å²) in [4.78, 5) is 26.6. The van der Waals surface area contributed by atoms with E-state index in [1.165, 1.54) is 0 Å².